The third kappa shape index (κ3) is 27.4. The van der Waals surface area contributed by atoms with Crippen molar-refractivity contribution in [1.82, 2.24) is 0 Å². The lowest BCUT2D eigenvalue weighted by Crippen LogP contribution is -2.29. The van der Waals surface area contributed by atoms with Gasteiger partial charge in [0.05, 0.1) is 0 Å². The molecule has 11 heteroatoms. The zero-order valence-electron chi connectivity index (χ0n) is 37.0. The highest BCUT2D eigenvalue weighted by atomic mass is 31.2. The van der Waals surface area contributed by atoms with Crippen LogP contribution in [0.15, 0.2) is 34.9 Å². The Morgan fingerprint density at radius 3 is 0.839 bits per heavy atom. The van der Waals surface area contributed by atoms with Gasteiger partial charge >= 0.3 is 25.7 Å². The summed E-state index contributed by atoms with van der Waals surface area (Å²) in [6, 6.07) is 0. The SMILES string of the molecule is C/C=C(\C)C(=O)OC(CCCCCCCCC)OP(=O)(OC(CCCCCCCCC)OC(=O)/C(C)=C/C)OC(CCCCCCCCC)OC(=O)/C(C)=C/C. The van der Waals surface area contributed by atoms with Gasteiger partial charge in [0.25, 0.3) is 0 Å². The number of rotatable bonds is 36. The second kappa shape index (κ2) is 34.8. The van der Waals surface area contributed by atoms with Gasteiger partial charge in [-0.2, -0.15) is 0 Å². The highest BCUT2D eigenvalue weighted by Crippen LogP contribution is 2.54. The molecule has 3 unspecified atom stereocenters. The van der Waals surface area contributed by atoms with Crippen LogP contribution < -0.4 is 0 Å². The number of esters is 3. The maximum Gasteiger partial charge on any atom is 0.484 e. The molecule has 56 heavy (non-hydrogen) atoms. The highest BCUT2D eigenvalue weighted by molar-refractivity contribution is 7.48. The largest absolute Gasteiger partial charge is 0.484 e. The molecule has 10 nitrogen and oxygen atoms in total. The Morgan fingerprint density at radius 2 is 0.625 bits per heavy atom. The quantitative estimate of drug-likeness (QED) is 0.0151. The Labute approximate surface area is 341 Å². The first-order valence-electron chi connectivity index (χ1n) is 22.1. The van der Waals surface area contributed by atoms with E-state index in [0.717, 1.165) is 96.3 Å². The van der Waals surface area contributed by atoms with Gasteiger partial charge in [0.15, 0.2) is 0 Å². The van der Waals surface area contributed by atoms with Crippen LogP contribution in [0, 0.1) is 0 Å². The molecule has 0 aliphatic heterocycles. The van der Waals surface area contributed by atoms with Crippen LogP contribution >= 0.6 is 7.82 Å². The van der Waals surface area contributed by atoms with E-state index >= 15 is 4.57 Å². The Balaban J connectivity index is 6.68. The zero-order valence-corrected chi connectivity index (χ0v) is 37.9. The fraction of sp³-hybridized carbons (Fsp3) is 0.800. The van der Waals surface area contributed by atoms with E-state index in [2.05, 4.69) is 20.8 Å². The molecule has 0 aliphatic carbocycles. The maximum absolute atomic E-state index is 15.0. The molecule has 0 aromatic carbocycles. The molecule has 0 spiro atoms. The molecule has 0 saturated carbocycles. The number of carbonyl (C=O) groups excluding carboxylic acids is 3. The van der Waals surface area contributed by atoms with Gasteiger partial charge < -0.3 is 14.2 Å². The van der Waals surface area contributed by atoms with Crippen LogP contribution in [-0.4, -0.2) is 36.8 Å². The van der Waals surface area contributed by atoms with Crippen LogP contribution in [0.25, 0.3) is 0 Å². The van der Waals surface area contributed by atoms with Gasteiger partial charge in [0.1, 0.15) is 0 Å². The monoisotopic (exact) mass is 813 g/mol. The molecule has 0 rings (SSSR count). The molecule has 0 N–H and O–H groups in total. The predicted molar refractivity (Wildman–Crippen MR) is 227 cm³/mol. The first kappa shape index (κ1) is 53.7. The van der Waals surface area contributed by atoms with E-state index in [9.17, 15) is 14.4 Å². The summed E-state index contributed by atoms with van der Waals surface area (Å²) in [7, 11) is -4.77. The smallest absolute Gasteiger partial charge is 0.432 e. The number of hydrogen-bond donors (Lipinski definition) is 0. The summed E-state index contributed by atoms with van der Waals surface area (Å²) in [6.45, 7) is 16.6. The predicted octanol–water partition coefficient (Wildman–Crippen LogP) is 14.1. The minimum absolute atomic E-state index is 0.229. The molecule has 3 atom stereocenters. The lowest BCUT2D eigenvalue weighted by atomic mass is 10.1. The lowest BCUT2D eigenvalue weighted by molar-refractivity contribution is -0.181. The average molecular weight is 813 g/mol. The summed E-state index contributed by atoms with van der Waals surface area (Å²) in [5, 5.41) is 0. The van der Waals surface area contributed by atoms with Crippen LogP contribution in [0.3, 0.4) is 0 Å². The number of ether oxygens (including phenoxy) is 3. The highest BCUT2D eigenvalue weighted by Gasteiger charge is 2.40. The molecule has 0 saturated heterocycles. The Hall–Kier alpha value is -2.26. The zero-order chi connectivity index (χ0) is 42.0. The number of carbonyl (C=O) groups is 3. The van der Waals surface area contributed by atoms with Gasteiger partial charge in [0, 0.05) is 36.0 Å². The van der Waals surface area contributed by atoms with E-state index in [1.165, 1.54) is 19.3 Å². The van der Waals surface area contributed by atoms with Crippen molar-refractivity contribution in [2.24, 2.45) is 0 Å². The van der Waals surface area contributed by atoms with Gasteiger partial charge in [-0.15, -0.1) is 0 Å². The molecule has 0 heterocycles. The third-order valence-electron chi connectivity index (χ3n) is 9.85. The summed E-state index contributed by atoms with van der Waals surface area (Å²) in [6.07, 6.45) is 22.9. The number of allylic oxidation sites excluding steroid dienone is 3. The van der Waals surface area contributed by atoms with E-state index in [1.54, 1.807) is 59.8 Å². The number of hydrogen-bond acceptors (Lipinski definition) is 10. The summed E-state index contributed by atoms with van der Waals surface area (Å²) < 4.78 is 50.7. The molecule has 0 aromatic heterocycles. The van der Waals surface area contributed by atoms with Gasteiger partial charge in [0.2, 0.25) is 18.9 Å². The summed E-state index contributed by atoms with van der Waals surface area (Å²) in [5.74, 6) is -1.88. The standard InChI is InChI=1S/C45H81O10P/c1-10-16-19-22-25-28-31-34-40(50-43(46)37(7)13-4)53-56(49,54-41(51-44(47)38(8)14-5)35-32-29-26-23-20-17-11-2)55-42(52-45(48)39(9)15-6)36-33-30-27-24-21-18-12-3/h13-15,40-42H,10-12,16-36H2,1-9H3/b37-13+,38-14+,39-15+. The van der Waals surface area contributed by atoms with Crippen molar-refractivity contribution in [1.29, 1.82) is 0 Å². The average Bonchev–Trinajstić information content (AvgIpc) is 3.18. The molecule has 0 amide bonds. The molecular weight excluding hydrogens is 731 g/mol. The molecule has 0 aliphatic rings. The summed E-state index contributed by atoms with van der Waals surface area (Å²) in [4.78, 5) is 39.2. The summed E-state index contributed by atoms with van der Waals surface area (Å²) >= 11 is 0. The van der Waals surface area contributed by atoms with Crippen molar-refractivity contribution in [2.75, 3.05) is 0 Å². The minimum Gasteiger partial charge on any atom is -0.432 e. The second-order valence-corrected chi connectivity index (χ2v) is 16.4. The van der Waals surface area contributed by atoms with E-state index < -0.39 is 44.6 Å². The topological polar surface area (TPSA) is 124 Å². The van der Waals surface area contributed by atoms with Gasteiger partial charge in [-0.3, -0.25) is 0 Å². The van der Waals surface area contributed by atoms with Crippen LogP contribution in [0.5, 0.6) is 0 Å². The first-order chi connectivity index (χ1) is 26.9. The van der Waals surface area contributed by atoms with Crippen molar-refractivity contribution in [3.8, 4) is 0 Å². The van der Waals surface area contributed by atoms with Crippen LogP contribution in [0.4, 0.5) is 0 Å². The Bertz CT molecular complexity index is 1050. The number of unbranched alkanes of at least 4 members (excludes halogenated alkanes) is 18. The second-order valence-electron chi connectivity index (χ2n) is 14.9. The molecule has 0 radical (unpaired) electrons. The van der Waals surface area contributed by atoms with Crippen molar-refractivity contribution in [2.45, 2.75) is 235 Å². The minimum atomic E-state index is -4.77. The van der Waals surface area contributed by atoms with Crippen molar-refractivity contribution >= 4 is 25.7 Å². The number of phosphoric ester groups is 1. The van der Waals surface area contributed by atoms with Crippen molar-refractivity contribution in [3.05, 3.63) is 34.9 Å². The van der Waals surface area contributed by atoms with E-state index in [-0.39, 0.29) is 19.3 Å². The normalized spacial score (nSPS) is 15.2. The summed E-state index contributed by atoms with van der Waals surface area (Å²) in [5.41, 5.74) is 1.07. The fourth-order valence-electron chi connectivity index (χ4n) is 5.70. The number of phosphoric acid groups is 1. The Morgan fingerprint density at radius 1 is 0.411 bits per heavy atom. The molecule has 0 aromatic rings. The van der Waals surface area contributed by atoms with Crippen molar-refractivity contribution in [3.63, 3.8) is 0 Å². The lowest BCUT2D eigenvalue weighted by Gasteiger charge is -2.29. The van der Waals surface area contributed by atoms with Crippen LogP contribution in [-0.2, 0) is 46.7 Å². The van der Waals surface area contributed by atoms with E-state index in [0.29, 0.717) is 36.0 Å². The third-order valence-corrected chi connectivity index (χ3v) is 11.3. The fourth-order valence-corrected chi connectivity index (χ4v) is 7.16. The van der Waals surface area contributed by atoms with Crippen molar-refractivity contribution < 1.29 is 46.7 Å². The Kier molecular flexibility index (Phi) is 33.3. The molecule has 326 valence electrons. The van der Waals surface area contributed by atoms with Crippen LogP contribution in [0.1, 0.15) is 216 Å². The van der Waals surface area contributed by atoms with Crippen LogP contribution in [0.2, 0.25) is 0 Å². The van der Waals surface area contributed by atoms with E-state index in [1.807, 2.05) is 0 Å². The molecular formula is C45H81O10P. The molecule has 0 fully saturated rings. The van der Waals surface area contributed by atoms with E-state index in [4.69, 9.17) is 27.8 Å². The molecule has 0 bridgehead atoms. The maximum atomic E-state index is 15.0. The first-order valence-corrected chi connectivity index (χ1v) is 23.5. The van der Waals surface area contributed by atoms with Gasteiger partial charge in [-0.1, -0.05) is 155 Å². The van der Waals surface area contributed by atoms with Gasteiger partial charge in [-0.25, -0.2) is 32.5 Å². The van der Waals surface area contributed by atoms with Gasteiger partial charge in [-0.05, 0) is 60.8 Å².